The van der Waals surface area contributed by atoms with Gasteiger partial charge in [-0.05, 0) is 63.4 Å². The van der Waals surface area contributed by atoms with Crippen molar-refractivity contribution in [2.45, 2.75) is 57.4 Å². The second kappa shape index (κ2) is 5.04. The highest BCUT2D eigenvalue weighted by Gasteiger charge is 2.42. The molecule has 0 saturated heterocycles. The van der Waals surface area contributed by atoms with E-state index in [2.05, 4.69) is 10.4 Å². The first-order valence-electron chi connectivity index (χ1n) is 9.27. The lowest BCUT2D eigenvalue weighted by molar-refractivity contribution is 0.0928. The molecule has 0 radical (unpaired) electrons. The Balaban J connectivity index is 1.55. The highest BCUT2D eigenvalue weighted by molar-refractivity contribution is 6.06. The minimum absolute atomic E-state index is 0.0733. The zero-order valence-electron chi connectivity index (χ0n) is 14.4. The third-order valence-corrected chi connectivity index (χ3v) is 5.79. The van der Waals surface area contributed by atoms with Crippen molar-refractivity contribution in [3.05, 3.63) is 23.0 Å². The Morgan fingerprint density at radius 1 is 1.21 bits per heavy atom. The van der Waals surface area contributed by atoms with Gasteiger partial charge in [0.2, 0.25) is 0 Å². The van der Waals surface area contributed by atoms with Crippen LogP contribution in [0.2, 0.25) is 0 Å². The van der Waals surface area contributed by atoms with Crippen LogP contribution in [0.25, 0.3) is 11.0 Å². The zero-order valence-corrected chi connectivity index (χ0v) is 14.4. The van der Waals surface area contributed by atoms with Crippen LogP contribution >= 0.6 is 0 Å². The van der Waals surface area contributed by atoms with Crippen LogP contribution in [-0.2, 0) is 7.05 Å². The molecule has 5 rings (SSSR count). The molecule has 5 heteroatoms. The van der Waals surface area contributed by atoms with Crippen LogP contribution in [-0.4, -0.2) is 26.7 Å². The van der Waals surface area contributed by atoms with Crippen LogP contribution < -0.4 is 5.32 Å². The molecule has 0 bridgehead atoms. The second-order valence-corrected chi connectivity index (χ2v) is 7.95. The fraction of sp³-hybridized carbons (Fsp3) is 0.632. The van der Waals surface area contributed by atoms with Gasteiger partial charge in [-0.25, -0.2) is 4.98 Å². The zero-order chi connectivity index (χ0) is 16.4. The number of hydrogen-bond donors (Lipinski definition) is 1. The normalized spacial score (nSPS) is 20.8. The molecule has 1 N–H and O–H groups in total. The SMILES string of the molecule is Cc1nn(C)c2nc(C3CC3)cc(C(=O)NC(C3CC3)C3CC3)c12. The van der Waals surface area contributed by atoms with Crippen molar-refractivity contribution in [2.75, 3.05) is 0 Å². The fourth-order valence-corrected chi connectivity index (χ4v) is 3.99. The molecule has 2 heterocycles. The molecule has 2 aromatic rings. The number of carbonyl (C=O) groups is 1. The maximum atomic E-state index is 13.1. The molecule has 126 valence electrons. The summed E-state index contributed by atoms with van der Waals surface area (Å²) in [7, 11) is 1.91. The lowest BCUT2D eigenvalue weighted by atomic mass is 10.0. The summed E-state index contributed by atoms with van der Waals surface area (Å²) in [6.07, 6.45) is 7.45. The molecule has 0 spiro atoms. The summed E-state index contributed by atoms with van der Waals surface area (Å²) in [6.45, 7) is 1.97. The first-order valence-corrected chi connectivity index (χ1v) is 9.27. The average Bonchev–Trinajstić information content (AvgIpc) is 3.45. The minimum atomic E-state index is 0.0733. The molecule has 0 atom stereocenters. The number of nitrogens with zero attached hydrogens (tertiary/aromatic N) is 3. The Bertz CT molecular complexity index is 815. The Morgan fingerprint density at radius 2 is 1.88 bits per heavy atom. The van der Waals surface area contributed by atoms with Crippen LogP contribution in [0.4, 0.5) is 0 Å². The topological polar surface area (TPSA) is 59.8 Å². The van der Waals surface area contributed by atoms with Crippen LogP contribution in [0.1, 0.15) is 66.2 Å². The Hall–Kier alpha value is -1.91. The smallest absolute Gasteiger partial charge is 0.252 e. The van der Waals surface area contributed by atoms with Gasteiger partial charge < -0.3 is 5.32 Å². The van der Waals surface area contributed by atoms with Gasteiger partial charge in [0.1, 0.15) is 0 Å². The lowest BCUT2D eigenvalue weighted by Crippen LogP contribution is -2.38. The standard InChI is InChI=1S/C19H24N4O/c1-10-16-14(19(24)21-17(12-5-6-12)13-7-8-13)9-15(11-3-4-11)20-18(16)23(2)22-10/h9,11-13,17H,3-8H2,1-2H3,(H,21,24). The molecule has 0 unspecified atom stereocenters. The molecule has 0 aromatic carbocycles. The summed E-state index contributed by atoms with van der Waals surface area (Å²) < 4.78 is 1.81. The van der Waals surface area contributed by atoms with Gasteiger partial charge in [0.15, 0.2) is 5.65 Å². The number of rotatable bonds is 5. The van der Waals surface area contributed by atoms with Crippen molar-refractivity contribution >= 4 is 16.9 Å². The van der Waals surface area contributed by atoms with Gasteiger partial charge in [0, 0.05) is 24.7 Å². The van der Waals surface area contributed by atoms with Crippen molar-refractivity contribution < 1.29 is 4.79 Å². The predicted octanol–water partition coefficient (Wildman–Crippen LogP) is 3.07. The van der Waals surface area contributed by atoms with E-state index in [1.807, 2.05) is 24.7 Å². The van der Waals surface area contributed by atoms with E-state index in [1.54, 1.807) is 0 Å². The molecule has 0 aliphatic heterocycles. The van der Waals surface area contributed by atoms with Gasteiger partial charge in [0.05, 0.1) is 16.6 Å². The molecule has 3 saturated carbocycles. The molecule has 5 nitrogen and oxygen atoms in total. The Labute approximate surface area is 141 Å². The summed E-state index contributed by atoms with van der Waals surface area (Å²) >= 11 is 0. The number of carbonyl (C=O) groups excluding carboxylic acids is 1. The number of aromatic nitrogens is 3. The predicted molar refractivity (Wildman–Crippen MR) is 91.9 cm³/mol. The number of fused-ring (bicyclic) bond motifs is 1. The number of nitrogens with one attached hydrogen (secondary N) is 1. The van der Waals surface area contributed by atoms with E-state index >= 15 is 0 Å². The highest BCUT2D eigenvalue weighted by Crippen LogP contribution is 2.45. The van der Waals surface area contributed by atoms with E-state index in [-0.39, 0.29) is 5.91 Å². The third-order valence-electron chi connectivity index (χ3n) is 5.79. The molecular formula is C19H24N4O. The maximum Gasteiger partial charge on any atom is 0.252 e. The lowest BCUT2D eigenvalue weighted by Gasteiger charge is -2.18. The number of aryl methyl sites for hydroxylation is 2. The summed E-state index contributed by atoms with van der Waals surface area (Å²) in [5.41, 5.74) is 3.57. The maximum absolute atomic E-state index is 13.1. The van der Waals surface area contributed by atoms with Crippen molar-refractivity contribution in [1.82, 2.24) is 20.1 Å². The van der Waals surface area contributed by atoms with Crippen LogP contribution in [0.15, 0.2) is 6.07 Å². The second-order valence-electron chi connectivity index (χ2n) is 7.95. The number of pyridine rings is 1. The Morgan fingerprint density at radius 3 is 2.46 bits per heavy atom. The van der Waals surface area contributed by atoms with Crippen molar-refractivity contribution in [3.8, 4) is 0 Å². The van der Waals surface area contributed by atoms with E-state index < -0.39 is 0 Å². The van der Waals surface area contributed by atoms with Crippen LogP contribution in [0, 0.1) is 18.8 Å². The van der Waals surface area contributed by atoms with Crippen molar-refractivity contribution in [1.29, 1.82) is 0 Å². The van der Waals surface area contributed by atoms with E-state index in [9.17, 15) is 4.79 Å². The minimum Gasteiger partial charge on any atom is -0.349 e. The van der Waals surface area contributed by atoms with Gasteiger partial charge in [-0.3, -0.25) is 9.48 Å². The van der Waals surface area contributed by atoms with Gasteiger partial charge in [-0.15, -0.1) is 0 Å². The van der Waals surface area contributed by atoms with Gasteiger partial charge in [0.25, 0.3) is 5.91 Å². The number of amides is 1. The van der Waals surface area contributed by atoms with E-state index in [4.69, 9.17) is 4.98 Å². The van der Waals surface area contributed by atoms with Gasteiger partial charge in [-0.2, -0.15) is 5.10 Å². The fourth-order valence-electron chi connectivity index (χ4n) is 3.99. The highest BCUT2D eigenvalue weighted by atomic mass is 16.1. The van der Waals surface area contributed by atoms with Crippen LogP contribution in [0.5, 0.6) is 0 Å². The molecule has 3 fully saturated rings. The largest absolute Gasteiger partial charge is 0.349 e. The van der Waals surface area contributed by atoms with Crippen molar-refractivity contribution in [3.63, 3.8) is 0 Å². The van der Waals surface area contributed by atoms with Crippen LogP contribution in [0.3, 0.4) is 0 Å². The van der Waals surface area contributed by atoms with E-state index in [1.165, 1.54) is 38.5 Å². The summed E-state index contributed by atoms with van der Waals surface area (Å²) in [5, 5.41) is 8.79. The molecule has 3 aliphatic rings. The number of hydrogen-bond acceptors (Lipinski definition) is 3. The van der Waals surface area contributed by atoms with E-state index in [0.717, 1.165) is 28.0 Å². The molecular weight excluding hydrogens is 300 g/mol. The quantitative estimate of drug-likeness (QED) is 0.919. The van der Waals surface area contributed by atoms with Gasteiger partial charge >= 0.3 is 0 Å². The third kappa shape index (κ3) is 2.41. The first-order chi connectivity index (χ1) is 11.6. The molecule has 1 amide bonds. The van der Waals surface area contributed by atoms with Gasteiger partial charge in [-0.1, -0.05) is 0 Å². The summed E-state index contributed by atoms with van der Waals surface area (Å²) in [4.78, 5) is 17.9. The summed E-state index contributed by atoms with van der Waals surface area (Å²) in [6, 6.07) is 2.41. The monoisotopic (exact) mass is 324 g/mol. The molecule has 3 aliphatic carbocycles. The Kier molecular flexibility index (Phi) is 3.03. The first kappa shape index (κ1) is 14.4. The summed E-state index contributed by atoms with van der Waals surface area (Å²) in [5.74, 6) is 2.01. The molecule has 24 heavy (non-hydrogen) atoms. The van der Waals surface area contributed by atoms with E-state index in [0.29, 0.717) is 23.8 Å². The van der Waals surface area contributed by atoms with Crippen molar-refractivity contribution in [2.24, 2.45) is 18.9 Å². The molecule has 2 aromatic heterocycles. The average molecular weight is 324 g/mol.